The molecule has 0 radical (unpaired) electrons. The van der Waals surface area contributed by atoms with Crippen LogP contribution in [0.5, 0.6) is 0 Å². The fourth-order valence-corrected chi connectivity index (χ4v) is 3.77. The molecule has 0 saturated heterocycles. The van der Waals surface area contributed by atoms with Gasteiger partial charge in [0.25, 0.3) is 0 Å². The van der Waals surface area contributed by atoms with Crippen molar-refractivity contribution in [2.75, 3.05) is 18.0 Å². The second-order valence-corrected chi connectivity index (χ2v) is 6.79. The topological polar surface area (TPSA) is 32.7 Å². The van der Waals surface area contributed by atoms with E-state index >= 15 is 0 Å². The largest absolute Gasteiger partial charge is 0.416 e. The summed E-state index contributed by atoms with van der Waals surface area (Å²) in [4.78, 5) is 19.7. The van der Waals surface area contributed by atoms with Crippen LogP contribution < -0.4 is 4.90 Å². The number of hydrogen-bond acceptors (Lipinski definition) is 4. The zero-order valence-corrected chi connectivity index (χ0v) is 13.8. The number of carbonyl (C=O) groups excluding carboxylic acids is 1. The Bertz CT molecular complexity index is 898. The van der Waals surface area contributed by atoms with Gasteiger partial charge in [-0.05, 0) is 47.7 Å². The molecule has 0 spiro atoms. The molecule has 1 aromatic heterocycles. The molecule has 4 rings (SSSR count). The number of rotatable bonds is 2. The summed E-state index contributed by atoms with van der Waals surface area (Å²) in [5, 5.41) is 1.80. The van der Waals surface area contributed by atoms with Crippen LogP contribution in [0.3, 0.4) is 0 Å². The van der Waals surface area contributed by atoms with Crippen molar-refractivity contribution in [2.24, 2.45) is 4.99 Å². The van der Waals surface area contributed by atoms with E-state index in [2.05, 4.69) is 4.99 Å². The summed E-state index contributed by atoms with van der Waals surface area (Å²) in [5.41, 5.74) is 0.696. The summed E-state index contributed by atoms with van der Waals surface area (Å²) >= 11 is 1.31. The van der Waals surface area contributed by atoms with Crippen molar-refractivity contribution in [3.05, 3.63) is 57.3 Å². The van der Waals surface area contributed by atoms with Gasteiger partial charge >= 0.3 is 6.18 Å². The average molecular weight is 362 g/mol. The molecule has 0 atom stereocenters. The maximum Gasteiger partial charge on any atom is 0.416 e. The van der Waals surface area contributed by atoms with Gasteiger partial charge in [-0.15, -0.1) is 11.3 Å². The highest BCUT2D eigenvalue weighted by Crippen LogP contribution is 2.38. The van der Waals surface area contributed by atoms with E-state index in [1.54, 1.807) is 17.5 Å². The van der Waals surface area contributed by atoms with E-state index in [-0.39, 0.29) is 5.78 Å². The van der Waals surface area contributed by atoms with Crippen LogP contribution in [0.4, 0.5) is 18.9 Å². The summed E-state index contributed by atoms with van der Waals surface area (Å²) in [6, 6.07) is 7.12. The lowest BCUT2D eigenvalue weighted by molar-refractivity contribution is -0.137. The van der Waals surface area contributed by atoms with Gasteiger partial charge < -0.3 is 4.90 Å². The number of benzene rings is 1. The molecule has 0 unspecified atom stereocenters. The molecule has 0 amide bonds. The molecule has 0 N–H and O–H groups in total. The lowest BCUT2D eigenvalue weighted by Gasteiger charge is -2.34. The summed E-state index contributed by atoms with van der Waals surface area (Å²) in [6.45, 7) is 1.24. The van der Waals surface area contributed by atoms with E-state index in [4.69, 9.17) is 0 Å². The van der Waals surface area contributed by atoms with Crippen molar-refractivity contribution < 1.29 is 18.0 Å². The minimum atomic E-state index is -4.42. The number of alkyl halides is 3. The van der Waals surface area contributed by atoms with Crippen LogP contribution in [0.2, 0.25) is 0 Å². The van der Waals surface area contributed by atoms with Gasteiger partial charge in [0.05, 0.1) is 16.0 Å². The molecule has 3 nitrogen and oxygen atoms in total. The molecular formula is C18H13F3N2OS. The highest BCUT2D eigenvalue weighted by molar-refractivity contribution is 7.12. The maximum atomic E-state index is 13.0. The van der Waals surface area contributed by atoms with Gasteiger partial charge in [-0.3, -0.25) is 9.79 Å². The smallest absolute Gasteiger partial charge is 0.325 e. The summed E-state index contributed by atoms with van der Waals surface area (Å²) in [6.07, 6.45) is -2.09. The predicted octanol–water partition coefficient (Wildman–Crippen LogP) is 4.66. The van der Waals surface area contributed by atoms with Gasteiger partial charge in [-0.1, -0.05) is 6.07 Å². The third kappa shape index (κ3) is 2.78. The molecular weight excluding hydrogens is 349 g/mol. The predicted molar refractivity (Wildman–Crippen MR) is 92.3 cm³/mol. The molecule has 7 heteroatoms. The Morgan fingerprint density at radius 2 is 2.08 bits per heavy atom. The molecule has 2 aliphatic heterocycles. The van der Waals surface area contributed by atoms with E-state index in [9.17, 15) is 18.0 Å². The molecule has 0 bridgehead atoms. The number of ketones is 1. The zero-order chi connectivity index (χ0) is 17.6. The van der Waals surface area contributed by atoms with E-state index in [0.717, 1.165) is 18.6 Å². The van der Waals surface area contributed by atoms with Gasteiger partial charge in [0, 0.05) is 18.8 Å². The average Bonchev–Trinajstić information content (AvgIpc) is 3.14. The van der Waals surface area contributed by atoms with Crippen molar-refractivity contribution in [3.63, 3.8) is 0 Å². The Hall–Kier alpha value is -2.41. The van der Waals surface area contributed by atoms with Gasteiger partial charge in [0.1, 0.15) is 5.84 Å². The number of Topliss-reactive ketones (excluding diaryl/α,β-unsaturated/α-hetero) is 1. The lowest BCUT2D eigenvalue weighted by Crippen LogP contribution is -2.41. The summed E-state index contributed by atoms with van der Waals surface area (Å²) in [7, 11) is 0. The van der Waals surface area contributed by atoms with Crippen molar-refractivity contribution in [1.82, 2.24) is 0 Å². The number of amidine groups is 1. The molecule has 25 heavy (non-hydrogen) atoms. The molecule has 128 valence electrons. The van der Waals surface area contributed by atoms with Crippen LogP contribution in [0, 0.1) is 0 Å². The highest BCUT2D eigenvalue weighted by Gasteiger charge is 2.35. The number of halogens is 3. The Kier molecular flexibility index (Phi) is 3.76. The Morgan fingerprint density at radius 3 is 2.80 bits per heavy atom. The normalized spacial score (nSPS) is 16.7. The minimum Gasteiger partial charge on any atom is -0.325 e. The molecule has 2 aliphatic rings. The molecule has 0 fully saturated rings. The number of fused-ring (bicyclic) bond motifs is 3. The molecule has 0 saturated carbocycles. The van der Waals surface area contributed by atoms with E-state index < -0.39 is 11.7 Å². The van der Waals surface area contributed by atoms with Gasteiger partial charge in [0.15, 0.2) is 0 Å². The second-order valence-electron chi connectivity index (χ2n) is 5.85. The van der Waals surface area contributed by atoms with Crippen LogP contribution >= 0.6 is 11.3 Å². The maximum absolute atomic E-state index is 13.0. The third-order valence-corrected chi connectivity index (χ3v) is 5.10. The van der Waals surface area contributed by atoms with Crippen LogP contribution in [0.25, 0.3) is 6.08 Å². The van der Waals surface area contributed by atoms with Crippen molar-refractivity contribution in [3.8, 4) is 0 Å². The first-order chi connectivity index (χ1) is 11.9. The fourth-order valence-electron chi connectivity index (χ4n) is 3.09. The summed E-state index contributed by atoms with van der Waals surface area (Å²) < 4.78 is 39.1. The first-order valence-corrected chi connectivity index (χ1v) is 8.66. The van der Waals surface area contributed by atoms with Crippen molar-refractivity contribution in [2.45, 2.75) is 12.6 Å². The van der Waals surface area contributed by atoms with Gasteiger partial charge in [-0.25, -0.2) is 0 Å². The van der Waals surface area contributed by atoms with Crippen LogP contribution in [-0.2, 0) is 6.18 Å². The number of nitrogens with zero attached hydrogens (tertiary/aromatic N) is 2. The third-order valence-electron chi connectivity index (χ3n) is 4.23. The van der Waals surface area contributed by atoms with Crippen LogP contribution in [0.1, 0.15) is 27.2 Å². The monoisotopic (exact) mass is 362 g/mol. The Balaban J connectivity index is 1.87. The Morgan fingerprint density at radius 1 is 1.24 bits per heavy atom. The zero-order valence-electron chi connectivity index (χ0n) is 13.0. The number of thiophene rings is 1. The SMILES string of the molecule is O=C(C1=Cc2cc(C(F)(F)F)ccc2N2CCCN=C12)c1cccs1. The van der Waals surface area contributed by atoms with Crippen LogP contribution in [-0.4, -0.2) is 24.7 Å². The number of carbonyl (C=O) groups is 1. The fraction of sp³-hybridized carbons (Fsp3) is 0.222. The van der Waals surface area contributed by atoms with Gasteiger partial charge in [0.2, 0.25) is 5.78 Å². The summed E-state index contributed by atoms with van der Waals surface area (Å²) in [5.74, 6) is 0.348. The Labute approximate surface area is 146 Å². The van der Waals surface area contributed by atoms with Crippen molar-refractivity contribution >= 4 is 34.7 Å². The molecule has 3 heterocycles. The van der Waals surface area contributed by atoms with Gasteiger partial charge in [-0.2, -0.15) is 13.2 Å². The van der Waals surface area contributed by atoms with E-state index in [1.165, 1.54) is 23.5 Å². The lowest BCUT2D eigenvalue weighted by atomic mass is 9.95. The van der Waals surface area contributed by atoms with E-state index in [0.29, 0.717) is 40.6 Å². The van der Waals surface area contributed by atoms with Crippen LogP contribution in [0.15, 0.2) is 46.3 Å². The quantitative estimate of drug-likeness (QED) is 0.728. The molecule has 1 aromatic carbocycles. The number of anilines is 1. The molecule has 2 aromatic rings. The standard InChI is InChI=1S/C18H13F3N2OS/c19-18(20,21)12-4-5-14-11(9-12)10-13(16(24)15-3-1-8-25-15)17-22-6-2-7-23(14)17/h1,3-5,8-10H,2,6-7H2. The number of aliphatic imine (C=N–C) groups is 1. The minimum absolute atomic E-state index is 0.205. The van der Waals surface area contributed by atoms with Crippen molar-refractivity contribution in [1.29, 1.82) is 0 Å². The molecule has 0 aliphatic carbocycles. The first kappa shape index (κ1) is 16.1. The number of hydrogen-bond donors (Lipinski definition) is 0. The van der Waals surface area contributed by atoms with E-state index in [1.807, 2.05) is 4.90 Å². The highest BCUT2D eigenvalue weighted by atomic mass is 32.1. The first-order valence-electron chi connectivity index (χ1n) is 7.78. The second kappa shape index (κ2) is 5.84.